The standard InChI is InChI=1S/C11H11ClN4O2/c1-17-7-4-3-6(5-8(7)18-2)9-14-10(12)16-11(13)15-9/h3-5H,1-2H3,(H2,13,14,15,16). The number of ether oxygens (including phenoxy) is 2. The van der Waals surface area contributed by atoms with Gasteiger partial charge in [-0.15, -0.1) is 0 Å². The van der Waals surface area contributed by atoms with Crippen LogP contribution in [0, 0.1) is 0 Å². The van der Waals surface area contributed by atoms with Crippen molar-refractivity contribution in [2.75, 3.05) is 20.0 Å². The van der Waals surface area contributed by atoms with Crippen LogP contribution in [0.3, 0.4) is 0 Å². The zero-order chi connectivity index (χ0) is 13.1. The minimum Gasteiger partial charge on any atom is -0.493 e. The second kappa shape index (κ2) is 5.05. The molecule has 7 heteroatoms. The first-order valence-electron chi connectivity index (χ1n) is 5.03. The van der Waals surface area contributed by atoms with E-state index in [1.165, 1.54) is 0 Å². The van der Waals surface area contributed by atoms with Crippen molar-refractivity contribution >= 4 is 17.5 Å². The highest BCUT2D eigenvalue weighted by molar-refractivity contribution is 6.28. The van der Waals surface area contributed by atoms with Gasteiger partial charge in [0.15, 0.2) is 17.3 Å². The maximum Gasteiger partial charge on any atom is 0.227 e. The number of halogens is 1. The van der Waals surface area contributed by atoms with E-state index in [0.717, 1.165) is 0 Å². The molecule has 0 fully saturated rings. The highest BCUT2D eigenvalue weighted by Crippen LogP contribution is 2.31. The van der Waals surface area contributed by atoms with Crippen molar-refractivity contribution in [3.8, 4) is 22.9 Å². The Bertz CT molecular complexity index is 557. The Morgan fingerprint density at radius 1 is 1.06 bits per heavy atom. The summed E-state index contributed by atoms with van der Waals surface area (Å²) < 4.78 is 10.3. The van der Waals surface area contributed by atoms with Crippen LogP contribution in [0.15, 0.2) is 18.2 Å². The Kier molecular flexibility index (Phi) is 3.47. The molecule has 0 aliphatic carbocycles. The van der Waals surface area contributed by atoms with Crippen LogP contribution in [0.2, 0.25) is 5.28 Å². The number of rotatable bonds is 3. The van der Waals surface area contributed by atoms with E-state index >= 15 is 0 Å². The largest absolute Gasteiger partial charge is 0.493 e. The Labute approximate surface area is 109 Å². The Morgan fingerprint density at radius 3 is 2.39 bits per heavy atom. The van der Waals surface area contributed by atoms with Gasteiger partial charge < -0.3 is 15.2 Å². The van der Waals surface area contributed by atoms with Crippen LogP contribution in [-0.4, -0.2) is 29.2 Å². The molecule has 2 rings (SSSR count). The molecule has 0 spiro atoms. The van der Waals surface area contributed by atoms with Gasteiger partial charge in [0.25, 0.3) is 0 Å². The molecule has 0 saturated carbocycles. The highest BCUT2D eigenvalue weighted by atomic mass is 35.5. The van der Waals surface area contributed by atoms with Crippen molar-refractivity contribution in [3.63, 3.8) is 0 Å². The number of nitrogens with zero attached hydrogens (tertiary/aromatic N) is 3. The molecule has 0 radical (unpaired) electrons. The minimum absolute atomic E-state index is 0.0484. The summed E-state index contributed by atoms with van der Waals surface area (Å²) in [5, 5.41) is 0.0484. The number of methoxy groups -OCH3 is 2. The third kappa shape index (κ3) is 2.43. The first-order chi connectivity index (χ1) is 8.63. The molecule has 1 heterocycles. The second-order valence-corrected chi connectivity index (χ2v) is 3.69. The van der Waals surface area contributed by atoms with Crippen LogP contribution in [0.25, 0.3) is 11.4 Å². The lowest BCUT2D eigenvalue weighted by molar-refractivity contribution is 0.355. The van der Waals surface area contributed by atoms with E-state index in [0.29, 0.717) is 22.9 Å². The van der Waals surface area contributed by atoms with E-state index in [4.69, 9.17) is 26.8 Å². The fraction of sp³-hybridized carbons (Fsp3) is 0.182. The van der Waals surface area contributed by atoms with Crippen LogP contribution in [0.4, 0.5) is 5.95 Å². The lowest BCUT2D eigenvalue weighted by Crippen LogP contribution is -2.00. The van der Waals surface area contributed by atoms with Gasteiger partial charge in [0.2, 0.25) is 11.2 Å². The molecule has 0 saturated heterocycles. The lowest BCUT2D eigenvalue weighted by atomic mass is 10.2. The number of anilines is 1. The van der Waals surface area contributed by atoms with Gasteiger partial charge in [-0.25, -0.2) is 0 Å². The molecule has 94 valence electrons. The first kappa shape index (κ1) is 12.4. The zero-order valence-corrected chi connectivity index (χ0v) is 10.6. The molecular weight excluding hydrogens is 256 g/mol. The van der Waals surface area contributed by atoms with Crippen molar-refractivity contribution in [2.45, 2.75) is 0 Å². The minimum atomic E-state index is 0.0484. The van der Waals surface area contributed by atoms with Crippen LogP contribution in [0.5, 0.6) is 11.5 Å². The van der Waals surface area contributed by atoms with Gasteiger partial charge in [-0.3, -0.25) is 0 Å². The van der Waals surface area contributed by atoms with Crippen molar-refractivity contribution in [3.05, 3.63) is 23.5 Å². The topological polar surface area (TPSA) is 83.2 Å². The molecule has 0 amide bonds. The number of hydrogen-bond donors (Lipinski definition) is 1. The molecule has 1 aromatic carbocycles. The average Bonchev–Trinajstić information content (AvgIpc) is 2.36. The molecule has 18 heavy (non-hydrogen) atoms. The van der Waals surface area contributed by atoms with Crippen molar-refractivity contribution in [1.82, 2.24) is 15.0 Å². The van der Waals surface area contributed by atoms with Gasteiger partial charge in [0.1, 0.15) is 0 Å². The van der Waals surface area contributed by atoms with Crippen LogP contribution < -0.4 is 15.2 Å². The molecular formula is C11H11ClN4O2. The summed E-state index contributed by atoms with van der Waals surface area (Å²) in [5.74, 6) is 1.65. The summed E-state index contributed by atoms with van der Waals surface area (Å²) >= 11 is 5.73. The van der Waals surface area contributed by atoms with E-state index in [2.05, 4.69) is 15.0 Å². The molecule has 0 unspecified atom stereocenters. The third-order valence-electron chi connectivity index (χ3n) is 2.27. The zero-order valence-electron chi connectivity index (χ0n) is 9.85. The van der Waals surface area contributed by atoms with Gasteiger partial charge in [-0.05, 0) is 29.8 Å². The number of benzene rings is 1. The molecule has 1 aromatic heterocycles. The summed E-state index contributed by atoms with van der Waals surface area (Å²) in [5.41, 5.74) is 6.23. The Balaban J connectivity index is 2.50. The maximum absolute atomic E-state index is 5.73. The number of nitrogen functional groups attached to an aromatic ring is 1. The molecule has 2 aromatic rings. The molecule has 0 aliphatic rings. The molecule has 0 atom stereocenters. The summed E-state index contributed by atoms with van der Waals surface area (Å²) in [7, 11) is 3.12. The van der Waals surface area contributed by atoms with E-state index < -0.39 is 0 Å². The first-order valence-corrected chi connectivity index (χ1v) is 5.41. The van der Waals surface area contributed by atoms with Gasteiger partial charge in [0, 0.05) is 5.56 Å². The average molecular weight is 267 g/mol. The van der Waals surface area contributed by atoms with E-state index in [1.807, 2.05) is 0 Å². The molecule has 0 bridgehead atoms. The van der Waals surface area contributed by atoms with Gasteiger partial charge in [-0.1, -0.05) is 0 Å². The summed E-state index contributed by atoms with van der Waals surface area (Å²) in [6, 6.07) is 5.28. The van der Waals surface area contributed by atoms with Crippen LogP contribution in [-0.2, 0) is 0 Å². The predicted octanol–water partition coefficient (Wildman–Crippen LogP) is 1.79. The van der Waals surface area contributed by atoms with Gasteiger partial charge in [0.05, 0.1) is 14.2 Å². The third-order valence-corrected chi connectivity index (χ3v) is 2.44. The van der Waals surface area contributed by atoms with E-state index in [-0.39, 0.29) is 11.2 Å². The Hall–Kier alpha value is -2.08. The summed E-state index contributed by atoms with van der Waals surface area (Å²) in [6.07, 6.45) is 0. The van der Waals surface area contributed by atoms with Crippen molar-refractivity contribution in [1.29, 1.82) is 0 Å². The Morgan fingerprint density at radius 2 is 1.78 bits per heavy atom. The smallest absolute Gasteiger partial charge is 0.227 e. The predicted molar refractivity (Wildman–Crippen MR) is 67.8 cm³/mol. The van der Waals surface area contributed by atoms with Gasteiger partial charge in [-0.2, -0.15) is 15.0 Å². The molecule has 2 N–H and O–H groups in total. The van der Waals surface area contributed by atoms with Gasteiger partial charge >= 0.3 is 0 Å². The summed E-state index contributed by atoms with van der Waals surface area (Å²) in [4.78, 5) is 11.7. The monoisotopic (exact) mass is 266 g/mol. The number of aromatic nitrogens is 3. The normalized spacial score (nSPS) is 10.2. The lowest BCUT2D eigenvalue weighted by Gasteiger charge is -2.09. The second-order valence-electron chi connectivity index (χ2n) is 3.36. The van der Waals surface area contributed by atoms with E-state index in [1.54, 1.807) is 32.4 Å². The fourth-order valence-electron chi connectivity index (χ4n) is 1.47. The summed E-state index contributed by atoms with van der Waals surface area (Å²) in [6.45, 7) is 0. The van der Waals surface area contributed by atoms with Crippen molar-refractivity contribution < 1.29 is 9.47 Å². The fourth-order valence-corrected chi connectivity index (χ4v) is 1.64. The highest BCUT2D eigenvalue weighted by Gasteiger charge is 2.10. The molecule has 0 aliphatic heterocycles. The maximum atomic E-state index is 5.73. The quantitative estimate of drug-likeness (QED) is 0.912. The van der Waals surface area contributed by atoms with Crippen LogP contribution >= 0.6 is 11.6 Å². The van der Waals surface area contributed by atoms with Crippen LogP contribution in [0.1, 0.15) is 0 Å². The van der Waals surface area contributed by atoms with E-state index in [9.17, 15) is 0 Å². The SMILES string of the molecule is COc1ccc(-c2nc(N)nc(Cl)n2)cc1OC. The number of hydrogen-bond acceptors (Lipinski definition) is 6. The molecule has 6 nitrogen and oxygen atoms in total. The van der Waals surface area contributed by atoms with Crippen molar-refractivity contribution in [2.24, 2.45) is 0 Å². The number of nitrogens with two attached hydrogens (primary N) is 1.